The summed E-state index contributed by atoms with van der Waals surface area (Å²) < 4.78 is 21.8. The van der Waals surface area contributed by atoms with Crippen LogP contribution < -0.4 is 29.2 Å². The minimum atomic E-state index is -0.0238. The summed E-state index contributed by atoms with van der Waals surface area (Å²) in [6.45, 7) is 1.76. The van der Waals surface area contributed by atoms with Gasteiger partial charge >= 0.3 is 0 Å². The lowest BCUT2D eigenvalue weighted by Crippen LogP contribution is -2.37. The van der Waals surface area contributed by atoms with Crippen molar-refractivity contribution >= 4 is 40.1 Å². The zero-order chi connectivity index (χ0) is 25.5. The molecule has 1 aliphatic heterocycles. The summed E-state index contributed by atoms with van der Waals surface area (Å²) in [5.41, 5.74) is 2.48. The lowest BCUT2D eigenvalue weighted by atomic mass is 9.96. The van der Waals surface area contributed by atoms with E-state index in [9.17, 15) is 4.79 Å². The molecule has 0 saturated carbocycles. The number of carbonyl (C=O) groups excluding carboxylic acids is 1. The maximum absolute atomic E-state index is 13.1. The van der Waals surface area contributed by atoms with Crippen LogP contribution in [0.5, 0.6) is 23.0 Å². The van der Waals surface area contributed by atoms with Crippen LogP contribution in [0.15, 0.2) is 47.8 Å². The lowest BCUT2D eigenvalue weighted by molar-refractivity contribution is -0.120. The quantitative estimate of drug-likeness (QED) is 0.368. The van der Waals surface area contributed by atoms with Gasteiger partial charge in [0.25, 0.3) is 0 Å². The van der Waals surface area contributed by atoms with E-state index in [1.807, 2.05) is 42.5 Å². The number of amides is 1. The molecule has 1 amide bonds. The number of thiophene rings is 1. The Bertz CT molecular complexity index is 1180. The number of anilines is 2. The van der Waals surface area contributed by atoms with Gasteiger partial charge in [0.05, 0.1) is 39.1 Å². The molecule has 1 saturated heterocycles. The number of rotatable bonds is 9. The maximum atomic E-state index is 13.1. The molecule has 0 spiro atoms. The van der Waals surface area contributed by atoms with Crippen LogP contribution in [-0.2, 0) is 4.79 Å². The van der Waals surface area contributed by atoms with E-state index < -0.39 is 0 Å². The van der Waals surface area contributed by atoms with Crippen LogP contribution in [0, 0.1) is 5.92 Å². The van der Waals surface area contributed by atoms with Gasteiger partial charge in [0.1, 0.15) is 5.75 Å². The van der Waals surface area contributed by atoms with Crippen LogP contribution in [0.25, 0.3) is 12.2 Å². The average Bonchev–Trinajstić information content (AvgIpc) is 3.46. The number of carbonyl (C=O) groups is 1. The monoisotopic (exact) mass is 508 g/mol. The number of nitrogens with one attached hydrogen (secondary N) is 1. The van der Waals surface area contributed by atoms with Crippen molar-refractivity contribution in [3.63, 3.8) is 0 Å². The second-order valence-corrected chi connectivity index (χ2v) is 9.38. The third-order valence-electron chi connectivity index (χ3n) is 6.32. The smallest absolute Gasteiger partial charge is 0.227 e. The summed E-state index contributed by atoms with van der Waals surface area (Å²) in [4.78, 5) is 15.4. The van der Waals surface area contributed by atoms with Crippen molar-refractivity contribution in [1.82, 2.24) is 0 Å². The molecule has 0 aliphatic carbocycles. The van der Waals surface area contributed by atoms with Gasteiger partial charge in [-0.1, -0.05) is 18.2 Å². The molecule has 1 N–H and O–H groups in total. The number of nitrogens with zero attached hydrogens (tertiary/aromatic N) is 1. The molecular weight excluding hydrogens is 476 g/mol. The molecule has 36 heavy (non-hydrogen) atoms. The third kappa shape index (κ3) is 5.76. The first-order valence-electron chi connectivity index (χ1n) is 11.8. The summed E-state index contributed by atoms with van der Waals surface area (Å²) in [5.74, 6) is 2.36. The molecule has 190 valence electrons. The van der Waals surface area contributed by atoms with E-state index in [1.54, 1.807) is 39.8 Å². The van der Waals surface area contributed by atoms with Gasteiger partial charge in [-0.2, -0.15) is 0 Å². The number of benzene rings is 2. The zero-order valence-corrected chi connectivity index (χ0v) is 21.9. The van der Waals surface area contributed by atoms with Crippen molar-refractivity contribution in [1.29, 1.82) is 0 Å². The molecule has 7 nitrogen and oxygen atoms in total. The highest BCUT2D eigenvalue weighted by Gasteiger charge is 2.26. The SMILES string of the molecule is COc1ccc(/C=C\c2cc(OC)c(OC)c(OC)c2)cc1NC(=O)C1CCN(c2cccs2)CC1. The fourth-order valence-electron chi connectivity index (χ4n) is 4.36. The molecule has 0 radical (unpaired) electrons. The Morgan fingerprint density at radius 2 is 1.56 bits per heavy atom. The Balaban J connectivity index is 1.47. The fourth-order valence-corrected chi connectivity index (χ4v) is 5.15. The van der Waals surface area contributed by atoms with E-state index in [2.05, 4.69) is 27.7 Å². The summed E-state index contributed by atoms with van der Waals surface area (Å²) >= 11 is 1.74. The predicted octanol–water partition coefficient (Wildman–Crippen LogP) is 5.81. The standard InChI is InChI=1S/C28H32N2O5S/c1-32-23-10-9-19(7-8-20-17-24(33-2)27(35-4)25(18-20)34-3)16-22(23)29-28(31)21-11-13-30(14-12-21)26-6-5-15-36-26/h5-10,15-18,21H,11-14H2,1-4H3,(H,29,31)/b8-7-. The van der Waals surface area contributed by atoms with Crippen molar-refractivity contribution in [3.8, 4) is 23.0 Å². The molecule has 1 aromatic heterocycles. The van der Waals surface area contributed by atoms with Crippen LogP contribution in [0.4, 0.5) is 10.7 Å². The van der Waals surface area contributed by atoms with E-state index in [1.165, 1.54) is 5.00 Å². The Morgan fingerprint density at radius 3 is 2.14 bits per heavy atom. The molecule has 8 heteroatoms. The van der Waals surface area contributed by atoms with E-state index in [-0.39, 0.29) is 11.8 Å². The van der Waals surface area contributed by atoms with Crippen molar-refractivity contribution in [3.05, 3.63) is 59.0 Å². The Morgan fingerprint density at radius 1 is 0.889 bits per heavy atom. The minimum absolute atomic E-state index is 0.0238. The predicted molar refractivity (Wildman–Crippen MR) is 146 cm³/mol. The van der Waals surface area contributed by atoms with Gasteiger partial charge in [-0.25, -0.2) is 0 Å². The molecule has 3 aromatic rings. The maximum Gasteiger partial charge on any atom is 0.227 e. The largest absolute Gasteiger partial charge is 0.495 e. The number of hydrogen-bond acceptors (Lipinski definition) is 7. The van der Waals surface area contributed by atoms with Crippen molar-refractivity contribution < 1.29 is 23.7 Å². The van der Waals surface area contributed by atoms with E-state index in [0.717, 1.165) is 37.1 Å². The third-order valence-corrected chi connectivity index (χ3v) is 7.25. The number of ether oxygens (including phenoxy) is 4. The molecule has 1 fully saturated rings. The second kappa shape index (κ2) is 11.9. The molecule has 0 unspecified atom stereocenters. The fraction of sp³-hybridized carbons (Fsp3) is 0.321. The molecule has 2 aromatic carbocycles. The second-order valence-electron chi connectivity index (χ2n) is 8.45. The Hall–Kier alpha value is -3.65. The summed E-state index contributed by atoms with van der Waals surface area (Å²) in [5, 5.41) is 6.45. The van der Waals surface area contributed by atoms with Gasteiger partial charge < -0.3 is 29.2 Å². The first kappa shape index (κ1) is 25.4. The van der Waals surface area contributed by atoms with Crippen LogP contribution >= 0.6 is 11.3 Å². The van der Waals surface area contributed by atoms with Gasteiger partial charge in [0.2, 0.25) is 11.7 Å². The van der Waals surface area contributed by atoms with E-state index >= 15 is 0 Å². The summed E-state index contributed by atoms with van der Waals surface area (Å²) in [6, 6.07) is 13.7. The molecule has 0 atom stereocenters. The van der Waals surface area contributed by atoms with Crippen molar-refractivity contribution in [2.45, 2.75) is 12.8 Å². The van der Waals surface area contributed by atoms with Crippen molar-refractivity contribution in [2.24, 2.45) is 5.92 Å². The Labute approximate surface area is 216 Å². The molecule has 1 aliphatic rings. The Kier molecular flexibility index (Phi) is 8.38. The highest BCUT2D eigenvalue weighted by atomic mass is 32.1. The van der Waals surface area contributed by atoms with Gasteiger partial charge in [-0.3, -0.25) is 4.79 Å². The van der Waals surface area contributed by atoms with Crippen LogP contribution in [-0.4, -0.2) is 47.4 Å². The molecule has 0 bridgehead atoms. The van der Waals surface area contributed by atoms with Crippen LogP contribution in [0.3, 0.4) is 0 Å². The van der Waals surface area contributed by atoms with E-state index in [4.69, 9.17) is 18.9 Å². The van der Waals surface area contributed by atoms with Crippen LogP contribution in [0.1, 0.15) is 24.0 Å². The molecular formula is C28H32N2O5S. The highest BCUT2D eigenvalue weighted by molar-refractivity contribution is 7.14. The zero-order valence-electron chi connectivity index (χ0n) is 21.1. The summed E-state index contributed by atoms with van der Waals surface area (Å²) in [7, 11) is 6.37. The molecule has 4 rings (SSSR count). The number of methoxy groups -OCH3 is 4. The highest BCUT2D eigenvalue weighted by Crippen LogP contribution is 2.39. The summed E-state index contributed by atoms with van der Waals surface area (Å²) in [6.07, 6.45) is 5.58. The molecule has 2 heterocycles. The number of hydrogen-bond donors (Lipinski definition) is 1. The first-order chi connectivity index (χ1) is 17.6. The van der Waals surface area contributed by atoms with Gasteiger partial charge in [-0.15, -0.1) is 11.3 Å². The minimum Gasteiger partial charge on any atom is -0.495 e. The van der Waals surface area contributed by atoms with Crippen molar-refractivity contribution in [2.75, 3.05) is 51.7 Å². The van der Waals surface area contributed by atoms with Crippen LogP contribution in [0.2, 0.25) is 0 Å². The van der Waals surface area contributed by atoms with E-state index in [0.29, 0.717) is 28.7 Å². The van der Waals surface area contributed by atoms with Gasteiger partial charge in [0, 0.05) is 19.0 Å². The first-order valence-corrected chi connectivity index (χ1v) is 12.7. The average molecular weight is 509 g/mol. The van der Waals surface area contributed by atoms with Gasteiger partial charge in [0.15, 0.2) is 11.5 Å². The van der Waals surface area contributed by atoms with Gasteiger partial charge in [-0.05, 0) is 65.7 Å². The normalized spacial score (nSPS) is 14.1. The lowest BCUT2D eigenvalue weighted by Gasteiger charge is -2.32. The topological polar surface area (TPSA) is 69.3 Å². The number of piperidine rings is 1.